The largest absolute Gasteiger partial charge is 0.383 e. The summed E-state index contributed by atoms with van der Waals surface area (Å²) in [4.78, 5) is 14.9. The van der Waals surface area contributed by atoms with E-state index >= 15 is 0 Å². The highest BCUT2D eigenvalue weighted by atomic mass is 32.2. The van der Waals surface area contributed by atoms with Gasteiger partial charge in [-0.25, -0.2) is 8.42 Å². The van der Waals surface area contributed by atoms with Crippen molar-refractivity contribution in [2.75, 3.05) is 30.9 Å². The van der Waals surface area contributed by atoms with Crippen molar-refractivity contribution in [2.24, 2.45) is 4.40 Å². The van der Waals surface area contributed by atoms with Crippen LogP contribution in [0.25, 0.3) is 0 Å². The summed E-state index contributed by atoms with van der Waals surface area (Å²) in [5.74, 6) is -0.176. The molecule has 0 saturated heterocycles. The number of ether oxygens (including phenoxy) is 1. The first-order valence-corrected chi connectivity index (χ1v) is 9.54. The van der Waals surface area contributed by atoms with Gasteiger partial charge in [0.15, 0.2) is 5.17 Å². The molecule has 1 amide bonds. The Hall–Kier alpha value is -1.58. The van der Waals surface area contributed by atoms with Crippen molar-refractivity contribution in [1.82, 2.24) is 5.32 Å². The Bertz CT molecular complexity index is 776. The van der Waals surface area contributed by atoms with Crippen molar-refractivity contribution in [1.29, 1.82) is 0 Å². The molecule has 2 aliphatic rings. The highest BCUT2D eigenvalue weighted by molar-refractivity contribution is 8.15. The maximum atomic E-state index is 12.2. The first-order chi connectivity index (χ1) is 10.9. The number of amidine groups is 1. The minimum atomic E-state index is -3.37. The number of thioether (sulfide) groups is 1. The Balaban J connectivity index is 1.82. The molecule has 1 aromatic rings. The van der Waals surface area contributed by atoms with E-state index in [0.717, 1.165) is 10.6 Å². The Morgan fingerprint density at radius 3 is 3.04 bits per heavy atom. The van der Waals surface area contributed by atoms with Crippen LogP contribution in [0.5, 0.6) is 0 Å². The van der Waals surface area contributed by atoms with Gasteiger partial charge in [0.25, 0.3) is 15.9 Å². The fraction of sp³-hybridized carbons (Fsp3) is 0.429. The predicted octanol–water partition coefficient (Wildman–Crippen LogP) is 1.06. The highest BCUT2D eigenvalue weighted by Gasteiger charge is 2.33. The number of amides is 1. The van der Waals surface area contributed by atoms with Crippen molar-refractivity contribution < 1.29 is 17.9 Å². The molecule has 0 radical (unpaired) electrons. The van der Waals surface area contributed by atoms with E-state index in [-0.39, 0.29) is 17.7 Å². The van der Waals surface area contributed by atoms with Gasteiger partial charge in [-0.15, -0.1) is 4.40 Å². The first-order valence-electron chi connectivity index (χ1n) is 7.11. The van der Waals surface area contributed by atoms with E-state index in [0.29, 0.717) is 23.9 Å². The minimum absolute atomic E-state index is 0.00721. The normalized spacial score (nSPS) is 19.6. The van der Waals surface area contributed by atoms with Gasteiger partial charge in [-0.2, -0.15) is 0 Å². The molecule has 23 heavy (non-hydrogen) atoms. The maximum Gasteiger partial charge on any atom is 0.257 e. The number of carbonyl (C=O) groups excluding carboxylic acids is 1. The minimum Gasteiger partial charge on any atom is -0.383 e. The van der Waals surface area contributed by atoms with Gasteiger partial charge in [-0.1, -0.05) is 0 Å². The van der Waals surface area contributed by atoms with Gasteiger partial charge < -0.3 is 15.0 Å². The second-order valence-electron chi connectivity index (χ2n) is 5.43. The van der Waals surface area contributed by atoms with E-state index in [2.05, 4.69) is 9.71 Å². The molecule has 1 aromatic carbocycles. The Morgan fingerprint density at radius 2 is 2.30 bits per heavy atom. The molecule has 9 heteroatoms. The highest BCUT2D eigenvalue weighted by Crippen LogP contribution is 2.42. The Labute approximate surface area is 139 Å². The van der Waals surface area contributed by atoms with E-state index in [1.165, 1.54) is 11.8 Å². The molecule has 1 atom stereocenters. The molecule has 2 heterocycles. The van der Waals surface area contributed by atoms with Gasteiger partial charge in [-0.05, 0) is 36.9 Å². The van der Waals surface area contributed by atoms with Crippen LogP contribution in [0.4, 0.5) is 5.69 Å². The molecule has 2 aliphatic heterocycles. The number of nitrogens with one attached hydrogen (secondary N) is 1. The zero-order valence-electron chi connectivity index (χ0n) is 12.8. The molecule has 0 aromatic heterocycles. The van der Waals surface area contributed by atoms with Crippen molar-refractivity contribution in [3.63, 3.8) is 0 Å². The number of fused-ring (bicyclic) bond motifs is 3. The van der Waals surface area contributed by atoms with Crippen LogP contribution in [0, 0.1) is 0 Å². The predicted molar refractivity (Wildman–Crippen MR) is 89.7 cm³/mol. The topological polar surface area (TPSA) is 88.1 Å². The van der Waals surface area contributed by atoms with E-state index in [4.69, 9.17) is 4.74 Å². The third kappa shape index (κ3) is 3.36. The van der Waals surface area contributed by atoms with Gasteiger partial charge in [0.1, 0.15) is 0 Å². The molecule has 0 fully saturated rings. The van der Waals surface area contributed by atoms with Crippen molar-refractivity contribution in [3.05, 3.63) is 23.8 Å². The molecular weight excluding hydrogens is 338 g/mol. The molecule has 3 rings (SSSR count). The summed E-state index contributed by atoms with van der Waals surface area (Å²) < 4.78 is 32.0. The first kappa shape index (κ1) is 16.3. The van der Waals surface area contributed by atoms with Crippen LogP contribution in [-0.2, 0) is 14.8 Å². The quantitative estimate of drug-likeness (QED) is 0.869. The number of hydrogen-bond donors (Lipinski definition) is 1. The molecule has 7 nitrogen and oxygen atoms in total. The van der Waals surface area contributed by atoms with Gasteiger partial charge in [-0.3, -0.25) is 4.79 Å². The second kappa shape index (κ2) is 6.14. The van der Waals surface area contributed by atoms with Crippen LogP contribution >= 0.6 is 11.8 Å². The number of benzene rings is 1. The average Bonchev–Trinajstić information content (AvgIpc) is 2.82. The molecule has 0 aliphatic carbocycles. The standard InChI is InChI=1S/C14H17N3O4S2/c1-9(8-21-2)15-13(18)10-3-4-11-12(7-10)22-14-16-23(19,20)6-5-17(11)14/h3-4,7,9H,5-6,8H2,1-2H3,(H,15,18)/t9-/m0/s1. The summed E-state index contributed by atoms with van der Waals surface area (Å²) in [5.41, 5.74) is 1.42. The molecule has 0 bridgehead atoms. The molecule has 0 unspecified atom stereocenters. The van der Waals surface area contributed by atoms with E-state index in [1.807, 2.05) is 17.9 Å². The van der Waals surface area contributed by atoms with Crippen LogP contribution in [0.2, 0.25) is 0 Å². The summed E-state index contributed by atoms with van der Waals surface area (Å²) in [6.45, 7) is 2.69. The summed E-state index contributed by atoms with van der Waals surface area (Å²) in [7, 11) is -1.79. The fourth-order valence-corrected chi connectivity index (χ4v) is 4.77. The number of methoxy groups -OCH3 is 1. The number of sulfonamides is 1. The molecule has 0 spiro atoms. The average molecular weight is 355 g/mol. The summed E-state index contributed by atoms with van der Waals surface area (Å²) in [5, 5.41) is 3.31. The SMILES string of the molecule is COC[C@H](C)NC(=O)c1ccc2c(c1)SC1=NS(=O)(=O)CCN12. The Morgan fingerprint density at radius 1 is 1.52 bits per heavy atom. The lowest BCUT2D eigenvalue weighted by Crippen LogP contribution is -2.36. The van der Waals surface area contributed by atoms with Gasteiger partial charge in [0.2, 0.25) is 0 Å². The smallest absolute Gasteiger partial charge is 0.257 e. The lowest BCUT2D eigenvalue weighted by Gasteiger charge is -2.22. The van der Waals surface area contributed by atoms with Crippen LogP contribution in [0.15, 0.2) is 27.5 Å². The summed E-state index contributed by atoms with van der Waals surface area (Å²) in [6.07, 6.45) is 0. The summed E-state index contributed by atoms with van der Waals surface area (Å²) >= 11 is 1.28. The van der Waals surface area contributed by atoms with Crippen molar-refractivity contribution >= 4 is 38.5 Å². The molecule has 1 N–H and O–H groups in total. The number of anilines is 1. The van der Waals surface area contributed by atoms with E-state index < -0.39 is 10.0 Å². The molecular formula is C14H17N3O4S2. The van der Waals surface area contributed by atoms with Crippen molar-refractivity contribution in [3.8, 4) is 0 Å². The molecule has 0 saturated carbocycles. The van der Waals surface area contributed by atoms with Crippen LogP contribution in [0.1, 0.15) is 17.3 Å². The number of hydrogen-bond acceptors (Lipinski definition) is 6. The van der Waals surface area contributed by atoms with Gasteiger partial charge in [0.05, 0.1) is 18.0 Å². The van der Waals surface area contributed by atoms with Crippen LogP contribution < -0.4 is 10.2 Å². The fourth-order valence-electron chi connectivity index (χ4n) is 2.47. The maximum absolute atomic E-state index is 12.2. The lowest BCUT2D eigenvalue weighted by molar-refractivity contribution is 0.0905. The summed E-state index contributed by atoms with van der Waals surface area (Å²) in [6, 6.07) is 5.25. The van der Waals surface area contributed by atoms with Crippen LogP contribution in [-0.4, -0.2) is 51.5 Å². The van der Waals surface area contributed by atoms with E-state index in [9.17, 15) is 13.2 Å². The van der Waals surface area contributed by atoms with Gasteiger partial charge >= 0.3 is 0 Å². The van der Waals surface area contributed by atoms with Gasteiger partial charge in [0, 0.05) is 30.2 Å². The lowest BCUT2D eigenvalue weighted by atomic mass is 10.1. The second-order valence-corrected chi connectivity index (χ2v) is 8.19. The number of rotatable bonds is 4. The number of carbonyl (C=O) groups is 1. The third-order valence-electron chi connectivity index (χ3n) is 3.53. The molecule has 124 valence electrons. The van der Waals surface area contributed by atoms with Crippen molar-refractivity contribution in [2.45, 2.75) is 17.9 Å². The van der Waals surface area contributed by atoms with Crippen LogP contribution in [0.3, 0.4) is 0 Å². The van der Waals surface area contributed by atoms with E-state index in [1.54, 1.807) is 19.2 Å². The third-order valence-corrected chi connectivity index (χ3v) is 5.84. The monoisotopic (exact) mass is 355 g/mol. The Kier molecular flexibility index (Phi) is 4.35. The number of nitrogens with zero attached hydrogens (tertiary/aromatic N) is 2. The zero-order valence-corrected chi connectivity index (χ0v) is 14.4. The zero-order chi connectivity index (χ0) is 16.6.